The van der Waals surface area contributed by atoms with Gasteiger partial charge in [-0.1, -0.05) is 0 Å². The number of pyridine rings is 1. The van der Waals surface area contributed by atoms with Crippen LogP contribution in [0.25, 0.3) is 0 Å². The monoisotopic (exact) mass is 357 g/mol. The fraction of sp³-hybridized carbons (Fsp3) is 0.176. The standard InChI is InChI=1S/C17H12FN3O3S/c1-2-24-17(23)13-6-11(8-20)16(21-15(13)22)25-9-12-5-10(7-19)3-4-14(12)18/h3-6H,2,9H2,1H3,(H,21,22). The second-order valence-electron chi connectivity index (χ2n) is 4.79. The van der Waals surface area contributed by atoms with E-state index in [2.05, 4.69) is 4.98 Å². The normalized spacial score (nSPS) is 9.92. The molecule has 0 unspecified atom stereocenters. The Morgan fingerprint density at radius 3 is 2.72 bits per heavy atom. The highest BCUT2D eigenvalue weighted by molar-refractivity contribution is 7.98. The number of hydrogen-bond acceptors (Lipinski definition) is 6. The number of nitrogens with one attached hydrogen (secondary N) is 1. The maximum absolute atomic E-state index is 13.8. The SMILES string of the molecule is CCOC(=O)c1cc(C#N)c(SCc2cc(C#N)ccc2F)[nH]c1=O. The fourth-order valence-electron chi connectivity index (χ4n) is 1.98. The number of aromatic amines is 1. The molecule has 1 heterocycles. The largest absolute Gasteiger partial charge is 0.462 e. The van der Waals surface area contributed by atoms with Crippen molar-refractivity contribution >= 4 is 17.7 Å². The van der Waals surface area contributed by atoms with E-state index in [0.717, 1.165) is 17.8 Å². The molecule has 0 saturated heterocycles. The van der Waals surface area contributed by atoms with Crippen molar-refractivity contribution in [1.29, 1.82) is 10.5 Å². The van der Waals surface area contributed by atoms with Gasteiger partial charge in [0.25, 0.3) is 5.56 Å². The van der Waals surface area contributed by atoms with Gasteiger partial charge in [0.05, 0.1) is 28.8 Å². The summed E-state index contributed by atoms with van der Waals surface area (Å²) in [4.78, 5) is 26.2. The number of thioether (sulfide) groups is 1. The van der Waals surface area contributed by atoms with Crippen LogP contribution in [0.1, 0.15) is 34.0 Å². The van der Waals surface area contributed by atoms with E-state index in [-0.39, 0.29) is 34.1 Å². The Morgan fingerprint density at radius 2 is 2.08 bits per heavy atom. The number of H-pyrrole nitrogens is 1. The summed E-state index contributed by atoms with van der Waals surface area (Å²) in [5.74, 6) is -1.20. The molecule has 0 amide bonds. The van der Waals surface area contributed by atoms with E-state index in [4.69, 9.17) is 10.00 Å². The van der Waals surface area contributed by atoms with Crippen molar-refractivity contribution in [3.8, 4) is 12.1 Å². The second-order valence-corrected chi connectivity index (χ2v) is 5.78. The van der Waals surface area contributed by atoms with Gasteiger partial charge >= 0.3 is 5.97 Å². The molecule has 0 fully saturated rings. The summed E-state index contributed by atoms with van der Waals surface area (Å²) in [5.41, 5.74) is -0.303. The van der Waals surface area contributed by atoms with E-state index < -0.39 is 17.3 Å². The van der Waals surface area contributed by atoms with Crippen LogP contribution in [0.3, 0.4) is 0 Å². The summed E-state index contributed by atoms with van der Waals surface area (Å²) in [6.45, 7) is 1.70. The minimum absolute atomic E-state index is 0.0736. The van der Waals surface area contributed by atoms with Gasteiger partial charge < -0.3 is 9.72 Å². The molecule has 0 aliphatic rings. The van der Waals surface area contributed by atoms with Crippen molar-refractivity contribution in [3.63, 3.8) is 0 Å². The van der Waals surface area contributed by atoms with Gasteiger partial charge in [0, 0.05) is 5.75 Å². The zero-order valence-corrected chi connectivity index (χ0v) is 13.9. The van der Waals surface area contributed by atoms with Gasteiger partial charge in [0.1, 0.15) is 17.4 Å². The number of rotatable bonds is 5. The Hall–Kier alpha value is -3.10. The molecule has 0 aliphatic carbocycles. The predicted octanol–water partition coefficient (Wildman–Crippen LogP) is 2.73. The van der Waals surface area contributed by atoms with Crippen molar-refractivity contribution in [2.45, 2.75) is 17.7 Å². The molecule has 2 rings (SSSR count). The van der Waals surface area contributed by atoms with Gasteiger partial charge in [-0.25, -0.2) is 9.18 Å². The lowest BCUT2D eigenvalue weighted by Crippen LogP contribution is -2.20. The number of carbonyl (C=O) groups excluding carboxylic acids is 1. The first-order valence-electron chi connectivity index (χ1n) is 7.16. The molecule has 126 valence electrons. The lowest BCUT2D eigenvalue weighted by atomic mass is 10.1. The summed E-state index contributed by atoms with van der Waals surface area (Å²) >= 11 is 1.03. The molecule has 1 aromatic heterocycles. The predicted molar refractivity (Wildman–Crippen MR) is 88.4 cm³/mol. The number of nitrogens with zero attached hydrogens (tertiary/aromatic N) is 2. The first-order valence-corrected chi connectivity index (χ1v) is 8.14. The Balaban J connectivity index is 2.31. The van der Waals surface area contributed by atoms with Crippen LogP contribution >= 0.6 is 11.8 Å². The molecule has 2 aromatic rings. The van der Waals surface area contributed by atoms with E-state index in [1.54, 1.807) is 6.92 Å². The summed E-state index contributed by atoms with van der Waals surface area (Å²) in [6, 6.07) is 8.91. The van der Waals surface area contributed by atoms with Gasteiger partial charge in [0.15, 0.2) is 0 Å². The molecule has 0 saturated carbocycles. The first-order chi connectivity index (χ1) is 12.0. The number of ether oxygens (including phenoxy) is 1. The van der Waals surface area contributed by atoms with E-state index in [0.29, 0.717) is 5.56 Å². The maximum Gasteiger partial charge on any atom is 0.343 e. The average molecular weight is 357 g/mol. The van der Waals surface area contributed by atoms with Crippen molar-refractivity contribution in [3.05, 3.63) is 62.7 Å². The zero-order chi connectivity index (χ0) is 18.4. The van der Waals surface area contributed by atoms with Crippen LogP contribution in [0.4, 0.5) is 4.39 Å². The van der Waals surface area contributed by atoms with E-state index >= 15 is 0 Å². The maximum atomic E-state index is 13.8. The third-order valence-electron chi connectivity index (χ3n) is 3.17. The van der Waals surface area contributed by atoms with Crippen LogP contribution < -0.4 is 5.56 Å². The zero-order valence-electron chi connectivity index (χ0n) is 13.1. The molecular formula is C17H12FN3O3S. The highest BCUT2D eigenvalue weighted by Gasteiger charge is 2.16. The molecule has 6 nitrogen and oxygen atoms in total. The molecule has 0 atom stereocenters. The Labute approximate surface area is 146 Å². The molecule has 0 radical (unpaired) electrons. The van der Waals surface area contributed by atoms with Crippen LogP contribution in [0.15, 0.2) is 34.1 Å². The van der Waals surface area contributed by atoms with Crippen LogP contribution in [0.2, 0.25) is 0 Å². The van der Waals surface area contributed by atoms with Crippen molar-refractivity contribution in [2.24, 2.45) is 0 Å². The number of halogens is 1. The Kier molecular flexibility index (Phi) is 5.93. The van der Waals surface area contributed by atoms with E-state index in [9.17, 15) is 19.2 Å². The number of nitriles is 2. The van der Waals surface area contributed by atoms with E-state index in [1.165, 1.54) is 18.2 Å². The van der Waals surface area contributed by atoms with Gasteiger partial charge in [-0.05, 0) is 36.8 Å². The first kappa shape index (κ1) is 18.2. The molecule has 0 aliphatic heterocycles. The van der Waals surface area contributed by atoms with Gasteiger partial charge in [-0.15, -0.1) is 11.8 Å². The van der Waals surface area contributed by atoms with Crippen molar-refractivity contribution in [2.75, 3.05) is 6.61 Å². The number of hydrogen-bond donors (Lipinski definition) is 1. The summed E-state index contributed by atoms with van der Waals surface area (Å²) in [7, 11) is 0. The Bertz CT molecular complexity index is 957. The van der Waals surface area contributed by atoms with Crippen LogP contribution in [0, 0.1) is 28.5 Å². The summed E-state index contributed by atoms with van der Waals surface area (Å²) in [6.07, 6.45) is 0. The molecular weight excluding hydrogens is 345 g/mol. The van der Waals surface area contributed by atoms with E-state index in [1.807, 2.05) is 12.1 Å². The summed E-state index contributed by atoms with van der Waals surface area (Å²) in [5, 5.41) is 18.3. The van der Waals surface area contributed by atoms with Gasteiger partial charge in [-0.3, -0.25) is 4.79 Å². The molecule has 0 bridgehead atoms. The summed E-state index contributed by atoms with van der Waals surface area (Å²) < 4.78 is 18.6. The number of aromatic nitrogens is 1. The smallest absolute Gasteiger partial charge is 0.343 e. The minimum Gasteiger partial charge on any atom is -0.462 e. The third kappa shape index (κ3) is 4.25. The van der Waals surface area contributed by atoms with Crippen molar-refractivity contribution in [1.82, 2.24) is 4.98 Å². The van der Waals surface area contributed by atoms with Gasteiger partial charge in [0.2, 0.25) is 0 Å². The van der Waals surface area contributed by atoms with Crippen molar-refractivity contribution < 1.29 is 13.9 Å². The van der Waals surface area contributed by atoms with Gasteiger partial charge in [-0.2, -0.15) is 10.5 Å². The molecule has 1 aromatic carbocycles. The Morgan fingerprint density at radius 1 is 1.32 bits per heavy atom. The highest BCUT2D eigenvalue weighted by Crippen LogP contribution is 2.25. The topological polar surface area (TPSA) is 107 Å². The fourth-order valence-corrected chi connectivity index (χ4v) is 2.92. The van der Waals surface area contributed by atoms with Crippen LogP contribution in [0.5, 0.6) is 0 Å². The quantitative estimate of drug-likeness (QED) is 0.651. The molecule has 1 N–H and O–H groups in total. The third-order valence-corrected chi connectivity index (χ3v) is 4.23. The lowest BCUT2D eigenvalue weighted by molar-refractivity contribution is 0.0524. The molecule has 0 spiro atoms. The number of benzene rings is 1. The minimum atomic E-state index is -0.815. The van der Waals surface area contributed by atoms with Crippen LogP contribution in [-0.2, 0) is 10.5 Å². The highest BCUT2D eigenvalue weighted by atomic mass is 32.2. The molecule has 25 heavy (non-hydrogen) atoms. The second kappa shape index (κ2) is 8.13. The van der Waals surface area contributed by atoms with Crippen LogP contribution in [-0.4, -0.2) is 17.6 Å². The molecule has 8 heteroatoms. The average Bonchev–Trinajstić information content (AvgIpc) is 2.61. The number of carbonyl (C=O) groups is 1. The lowest BCUT2D eigenvalue weighted by Gasteiger charge is -2.07. The number of esters is 1.